The molecule has 0 spiro atoms. The van der Waals surface area contributed by atoms with Crippen LogP contribution in [-0.4, -0.2) is 11.6 Å². The second kappa shape index (κ2) is 5.67. The predicted octanol–water partition coefficient (Wildman–Crippen LogP) is 2.57. The Morgan fingerprint density at radius 3 is 2.78 bits per heavy atom. The molecule has 1 aromatic rings. The minimum atomic E-state index is 0.146. The van der Waals surface area contributed by atoms with E-state index in [1.807, 2.05) is 19.2 Å². The van der Waals surface area contributed by atoms with Crippen molar-refractivity contribution in [3.63, 3.8) is 0 Å². The Kier molecular flexibility index (Phi) is 4.19. The SMILES string of the molecule is CCOc1cncc(C(NN)C2(C)CCCC2)c1. The minimum Gasteiger partial charge on any atom is -0.492 e. The van der Waals surface area contributed by atoms with Gasteiger partial charge in [-0.1, -0.05) is 19.8 Å². The number of aromatic nitrogens is 1. The third-order valence-corrected chi connectivity index (χ3v) is 3.99. The standard InChI is InChI=1S/C14H23N3O/c1-3-18-12-8-11(9-16-10-12)13(17-15)14(2)6-4-5-7-14/h8-10,13,17H,3-7,15H2,1-2H3. The van der Waals surface area contributed by atoms with Crippen LogP contribution in [0.25, 0.3) is 0 Å². The van der Waals surface area contributed by atoms with Crippen LogP contribution < -0.4 is 16.0 Å². The molecule has 0 aromatic carbocycles. The molecule has 0 amide bonds. The molecular weight excluding hydrogens is 226 g/mol. The zero-order chi connectivity index (χ0) is 13.0. The quantitative estimate of drug-likeness (QED) is 0.622. The Labute approximate surface area is 109 Å². The maximum Gasteiger partial charge on any atom is 0.137 e. The van der Waals surface area contributed by atoms with Crippen LogP contribution in [0, 0.1) is 5.41 Å². The van der Waals surface area contributed by atoms with E-state index in [0.717, 1.165) is 11.3 Å². The van der Waals surface area contributed by atoms with Crippen molar-refractivity contribution in [2.75, 3.05) is 6.61 Å². The molecule has 1 aliphatic carbocycles. The van der Waals surface area contributed by atoms with Gasteiger partial charge >= 0.3 is 0 Å². The van der Waals surface area contributed by atoms with E-state index < -0.39 is 0 Å². The van der Waals surface area contributed by atoms with Gasteiger partial charge in [-0.25, -0.2) is 0 Å². The highest BCUT2D eigenvalue weighted by atomic mass is 16.5. The zero-order valence-corrected chi connectivity index (χ0v) is 11.3. The molecule has 4 nitrogen and oxygen atoms in total. The smallest absolute Gasteiger partial charge is 0.137 e. The second-order valence-corrected chi connectivity index (χ2v) is 5.35. The fraction of sp³-hybridized carbons (Fsp3) is 0.643. The van der Waals surface area contributed by atoms with Gasteiger partial charge in [-0.15, -0.1) is 0 Å². The topological polar surface area (TPSA) is 60.2 Å². The average Bonchev–Trinajstić information content (AvgIpc) is 2.79. The molecule has 0 saturated heterocycles. The Morgan fingerprint density at radius 2 is 2.17 bits per heavy atom. The van der Waals surface area contributed by atoms with Crippen LogP contribution in [0.2, 0.25) is 0 Å². The zero-order valence-electron chi connectivity index (χ0n) is 11.3. The predicted molar refractivity (Wildman–Crippen MR) is 72.0 cm³/mol. The molecule has 1 saturated carbocycles. The molecule has 1 aliphatic rings. The normalized spacial score (nSPS) is 19.7. The van der Waals surface area contributed by atoms with Gasteiger partial charge in [-0.3, -0.25) is 16.3 Å². The Bertz CT molecular complexity index is 388. The highest BCUT2D eigenvalue weighted by Crippen LogP contribution is 2.46. The summed E-state index contributed by atoms with van der Waals surface area (Å²) in [6.07, 6.45) is 8.62. The summed E-state index contributed by atoms with van der Waals surface area (Å²) >= 11 is 0. The Morgan fingerprint density at radius 1 is 1.44 bits per heavy atom. The van der Waals surface area contributed by atoms with E-state index in [-0.39, 0.29) is 11.5 Å². The van der Waals surface area contributed by atoms with E-state index in [9.17, 15) is 0 Å². The van der Waals surface area contributed by atoms with Gasteiger partial charge in [0.1, 0.15) is 5.75 Å². The Hall–Kier alpha value is -1.13. The number of nitrogens with one attached hydrogen (secondary N) is 1. The van der Waals surface area contributed by atoms with Crippen LogP contribution in [0.3, 0.4) is 0 Å². The summed E-state index contributed by atoms with van der Waals surface area (Å²) < 4.78 is 5.51. The maximum atomic E-state index is 5.78. The van der Waals surface area contributed by atoms with Crippen LogP contribution in [0.5, 0.6) is 5.75 Å². The van der Waals surface area contributed by atoms with Crippen LogP contribution >= 0.6 is 0 Å². The molecule has 2 rings (SSSR count). The largest absolute Gasteiger partial charge is 0.492 e. The van der Waals surface area contributed by atoms with Crippen molar-refractivity contribution >= 4 is 0 Å². The average molecular weight is 249 g/mol. The maximum absolute atomic E-state index is 5.78. The summed E-state index contributed by atoms with van der Waals surface area (Å²) in [6, 6.07) is 2.19. The summed E-state index contributed by atoms with van der Waals surface area (Å²) in [5.41, 5.74) is 4.32. The van der Waals surface area contributed by atoms with Crippen molar-refractivity contribution in [2.45, 2.75) is 45.6 Å². The molecule has 0 bridgehead atoms. The number of hydrogen-bond donors (Lipinski definition) is 2. The molecule has 1 unspecified atom stereocenters. The lowest BCUT2D eigenvalue weighted by Gasteiger charge is -2.33. The number of hydrazine groups is 1. The summed E-state index contributed by atoms with van der Waals surface area (Å²) in [5.74, 6) is 6.59. The van der Waals surface area contributed by atoms with Crippen LogP contribution in [0.1, 0.15) is 51.1 Å². The molecule has 0 aliphatic heterocycles. The molecule has 1 aromatic heterocycles. The first kappa shape index (κ1) is 13.3. The first-order valence-electron chi connectivity index (χ1n) is 6.73. The first-order valence-corrected chi connectivity index (χ1v) is 6.73. The molecular formula is C14H23N3O. The lowest BCUT2D eigenvalue weighted by molar-refractivity contribution is 0.224. The van der Waals surface area contributed by atoms with Gasteiger partial charge in [0.25, 0.3) is 0 Å². The van der Waals surface area contributed by atoms with E-state index in [2.05, 4.69) is 17.3 Å². The number of hydrogen-bond acceptors (Lipinski definition) is 4. The van der Waals surface area contributed by atoms with Crippen LogP contribution in [0.15, 0.2) is 18.5 Å². The van der Waals surface area contributed by atoms with Crippen molar-refractivity contribution < 1.29 is 4.74 Å². The highest BCUT2D eigenvalue weighted by Gasteiger charge is 2.37. The number of ether oxygens (including phenoxy) is 1. The van der Waals surface area contributed by atoms with Gasteiger partial charge in [-0.05, 0) is 36.8 Å². The minimum absolute atomic E-state index is 0.146. The van der Waals surface area contributed by atoms with E-state index in [4.69, 9.17) is 10.6 Å². The van der Waals surface area contributed by atoms with Gasteiger partial charge in [0.15, 0.2) is 0 Å². The van der Waals surface area contributed by atoms with E-state index in [1.54, 1.807) is 6.20 Å². The molecule has 0 radical (unpaired) electrons. The molecule has 18 heavy (non-hydrogen) atoms. The highest BCUT2D eigenvalue weighted by molar-refractivity contribution is 5.27. The third-order valence-electron chi connectivity index (χ3n) is 3.99. The van der Waals surface area contributed by atoms with Gasteiger partial charge in [0, 0.05) is 6.20 Å². The van der Waals surface area contributed by atoms with Crippen molar-refractivity contribution in [3.8, 4) is 5.75 Å². The first-order chi connectivity index (χ1) is 8.69. The van der Waals surface area contributed by atoms with Gasteiger partial charge in [0.2, 0.25) is 0 Å². The van der Waals surface area contributed by atoms with E-state index >= 15 is 0 Å². The molecule has 1 atom stereocenters. The number of nitrogens with two attached hydrogens (primary N) is 1. The van der Waals surface area contributed by atoms with Gasteiger partial charge in [-0.2, -0.15) is 0 Å². The molecule has 3 N–H and O–H groups in total. The fourth-order valence-corrected chi connectivity index (χ4v) is 3.01. The second-order valence-electron chi connectivity index (χ2n) is 5.35. The third kappa shape index (κ3) is 2.65. The molecule has 100 valence electrons. The van der Waals surface area contributed by atoms with E-state index in [1.165, 1.54) is 25.7 Å². The number of pyridine rings is 1. The summed E-state index contributed by atoms with van der Waals surface area (Å²) in [4.78, 5) is 4.25. The van der Waals surface area contributed by atoms with Crippen LogP contribution in [-0.2, 0) is 0 Å². The molecule has 1 fully saturated rings. The van der Waals surface area contributed by atoms with Crippen molar-refractivity contribution in [1.82, 2.24) is 10.4 Å². The van der Waals surface area contributed by atoms with Gasteiger partial charge in [0.05, 0.1) is 18.8 Å². The molecule has 4 heteroatoms. The van der Waals surface area contributed by atoms with Crippen molar-refractivity contribution in [2.24, 2.45) is 11.3 Å². The van der Waals surface area contributed by atoms with Gasteiger partial charge < -0.3 is 4.74 Å². The fourth-order valence-electron chi connectivity index (χ4n) is 3.01. The number of nitrogens with zero attached hydrogens (tertiary/aromatic N) is 1. The van der Waals surface area contributed by atoms with E-state index in [0.29, 0.717) is 6.61 Å². The van der Waals surface area contributed by atoms with Crippen molar-refractivity contribution in [3.05, 3.63) is 24.0 Å². The summed E-state index contributed by atoms with van der Waals surface area (Å²) in [6.45, 7) is 4.94. The summed E-state index contributed by atoms with van der Waals surface area (Å²) in [5, 5.41) is 0. The molecule has 1 heterocycles. The van der Waals surface area contributed by atoms with Crippen molar-refractivity contribution in [1.29, 1.82) is 0 Å². The Balaban J connectivity index is 2.24. The number of rotatable bonds is 5. The lowest BCUT2D eigenvalue weighted by atomic mass is 9.78. The van der Waals surface area contributed by atoms with Crippen LogP contribution in [0.4, 0.5) is 0 Å². The summed E-state index contributed by atoms with van der Waals surface area (Å²) in [7, 11) is 0. The monoisotopic (exact) mass is 249 g/mol. The lowest BCUT2D eigenvalue weighted by Crippen LogP contribution is -2.38.